The normalized spacial score (nSPS) is 12.3. The molecule has 0 saturated carbocycles. The van der Waals surface area contributed by atoms with Crippen LogP contribution in [0.5, 0.6) is 11.5 Å². The molecule has 0 heterocycles. The van der Waals surface area contributed by atoms with E-state index >= 15 is 0 Å². The second-order valence-electron chi connectivity index (χ2n) is 4.40. The first kappa shape index (κ1) is 14.6. The minimum absolute atomic E-state index is 0.489. The zero-order valence-electron chi connectivity index (χ0n) is 10.7. The summed E-state index contributed by atoms with van der Waals surface area (Å²) in [5, 5.41) is 9.53. The molecule has 100 valence electrons. The minimum atomic E-state index is -0.489. The summed E-state index contributed by atoms with van der Waals surface area (Å²) >= 11 is 6.95. The average Bonchev–Trinajstić information content (AvgIpc) is 2.34. The molecule has 0 spiro atoms. The van der Waals surface area contributed by atoms with E-state index in [1.165, 1.54) is 5.56 Å². The Kier molecular flexibility index (Phi) is 4.66. The van der Waals surface area contributed by atoms with Crippen molar-refractivity contribution < 1.29 is 9.84 Å². The first-order chi connectivity index (χ1) is 8.97. The van der Waals surface area contributed by atoms with Gasteiger partial charge in [-0.1, -0.05) is 12.1 Å². The van der Waals surface area contributed by atoms with Crippen LogP contribution in [0.2, 0.25) is 0 Å². The second-order valence-corrected chi connectivity index (χ2v) is 6.11. The van der Waals surface area contributed by atoms with Gasteiger partial charge < -0.3 is 9.84 Å². The van der Waals surface area contributed by atoms with Crippen molar-refractivity contribution in [2.75, 3.05) is 0 Å². The topological polar surface area (TPSA) is 29.5 Å². The molecule has 2 aromatic carbocycles. The molecule has 19 heavy (non-hydrogen) atoms. The number of aryl methyl sites for hydroxylation is 1. The maximum absolute atomic E-state index is 9.53. The van der Waals surface area contributed by atoms with Crippen LogP contribution < -0.4 is 4.74 Å². The second kappa shape index (κ2) is 6.07. The van der Waals surface area contributed by atoms with Crippen molar-refractivity contribution in [3.63, 3.8) is 0 Å². The third-order valence-corrected chi connectivity index (χ3v) is 3.99. The van der Waals surface area contributed by atoms with Gasteiger partial charge in [0.2, 0.25) is 0 Å². The standard InChI is InChI=1S/C15H14Br2O2/c1-9-3-5-14(12(16)7-9)19-15-6-4-11(10(2)18)8-13(15)17/h3-8,10,18H,1-2H3. The van der Waals surface area contributed by atoms with Crippen LogP contribution in [0, 0.1) is 6.92 Å². The molecule has 0 aliphatic heterocycles. The molecule has 1 unspecified atom stereocenters. The first-order valence-corrected chi connectivity index (χ1v) is 7.47. The van der Waals surface area contributed by atoms with Crippen molar-refractivity contribution in [3.8, 4) is 11.5 Å². The smallest absolute Gasteiger partial charge is 0.141 e. The fraction of sp³-hybridized carbons (Fsp3) is 0.200. The monoisotopic (exact) mass is 384 g/mol. The molecule has 0 amide bonds. The Balaban J connectivity index is 2.28. The van der Waals surface area contributed by atoms with Crippen LogP contribution in [-0.4, -0.2) is 5.11 Å². The van der Waals surface area contributed by atoms with Gasteiger partial charge in [0.1, 0.15) is 11.5 Å². The Morgan fingerprint density at radius 1 is 1.00 bits per heavy atom. The van der Waals surface area contributed by atoms with Gasteiger partial charge in [-0.3, -0.25) is 0 Å². The zero-order valence-corrected chi connectivity index (χ0v) is 13.8. The SMILES string of the molecule is Cc1ccc(Oc2ccc(C(C)O)cc2Br)c(Br)c1. The summed E-state index contributed by atoms with van der Waals surface area (Å²) in [7, 11) is 0. The Bertz CT molecular complexity index is 595. The summed E-state index contributed by atoms with van der Waals surface area (Å²) in [5.41, 5.74) is 2.02. The number of rotatable bonds is 3. The quantitative estimate of drug-likeness (QED) is 0.769. The summed E-state index contributed by atoms with van der Waals surface area (Å²) in [4.78, 5) is 0. The van der Waals surface area contributed by atoms with E-state index in [9.17, 15) is 5.11 Å². The lowest BCUT2D eigenvalue weighted by Crippen LogP contribution is -1.93. The molecule has 0 saturated heterocycles. The van der Waals surface area contributed by atoms with E-state index in [1.54, 1.807) is 6.92 Å². The van der Waals surface area contributed by atoms with Crippen LogP contribution in [-0.2, 0) is 0 Å². The summed E-state index contributed by atoms with van der Waals surface area (Å²) in [6.07, 6.45) is -0.489. The number of aliphatic hydroxyl groups excluding tert-OH is 1. The molecule has 0 aliphatic rings. The third-order valence-electron chi connectivity index (χ3n) is 2.75. The maximum atomic E-state index is 9.53. The van der Waals surface area contributed by atoms with Crippen LogP contribution in [0.4, 0.5) is 0 Å². The van der Waals surface area contributed by atoms with Crippen LogP contribution in [0.25, 0.3) is 0 Å². The molecular weight excluding hydrogens is 372 g/mol. The zero-order chi connectivity index (χ0) is 14.0. The largest absolute Gasteiger partial charge is 0.455 e. The highest BCUT2D eigenvalue weighted by Crippen LogP contribution is 2.35. The van der Waals surface area contributed by atoms with Crippen molar-refractivity contribution in [1.29, 1.82) is 0 Å². The fourth-order valence-electron chi connectivity index (χ4n) is 1.67. The number of benzene rings is 2. The lowest BCUT2D eigenvalue weighted by Gasteiger charge is -2.12. The Morgan fingerprint density at radius 3 is 2.11 bits per heavy atom. The van der Waals surface area contributed by atoms with Crippen LogP contribution in [0.3, 0.4) is 0 Å². The van der Waals surface area contributed by atoms with Crippen molar-refractivity contribution in [2.24, 2.45) is 0 Å². The van der Waals surface area contributed by atoms with Gasteiger partial charge in [-0.2, -0.15) is 0 Å². The van der Waals surface area contributed by atoms with Crippen molar-refractivity contribution >= 4 is 31.9 Å². The summed E-state index contributed by atoms with van der Waals surface area (Å²) < 4.78 is 7.59. The van der Waals surface area contributed by atoms with E-state index in [1.807, 2.05) is 43.3 Å². The molecule has 1 N–H and O–H groups in total. The van der Waals surface area contributed by atoms with Gasteiger partial charge in [0.25, 0.3) is 0 Å². The number of ether oxygens (including phenoxy) is 1. The lowest BCUT2D eigenvalue weighted by molar-refractivity contribution is 0.199. The Hall–Kier alpha value is -0.840. The van der Waals surface area contributed by atoms with Crippen molar-refractivity contribution in [1.82, 2.24) is 0 Å². The molecule has 0 aliphatic carbocycles. The maximum Gasteiger partial charge on any atom is 0.141 e. The highest BCUT2D eigenvalue weighted by molar-refractivity contribution is 9.11. The number of halogens is 2. The number of aliphatic hydroxyl groups is 1. The lowest BCUT2D eigenvalue weighted by atomic mass is 10.1. The van der Waals surface area contributed by atoms with E-state index < -0.39 is 6.10 Å². The van der Waals surface area contributed by atoms with E-state index in [0.717, 1.165) is 20.3 Å². The van der Waals surface area contributed by atoms with Gasteiger partial charge >= 0.3 is 0 Å². The first-order valence-electron chi connectivity index (χ1n) is 5.89. The average molecular weight is 386 g/mol. The van der Waals surface area contributed by atoms with Gasteiger partial charge in [-0.15, -0.1) is 0 Å². The molecule has 0 fully saturated rings. The van der Waals surface area contributed by atoms with Crippen LogP contribution in [0.1, 0.15) is 24.2 Å². The van der Waals surface area contributed by atoms with Crippen LogP contribution in [0.15, 0.2) is 45.3 Å². The predicted octanol–water partition coefficient (Wildman–Crippen LogP) is 5.37. The van der Waals surface area contributed by atoms with E-state index in [-0.39, 0.29) is 0 Å². The predicted molar refractivity (Wildman–Crippen MR) is 83.7 cm³/mol. The van der Waals surface area contributed by atoms with Crippen molar-refractivity contribution in [2.45, 2.75) is 20.0 Å². The Morgan fingerprint density at radius 2 is 1.58 bits per heavy atom. The molecule has 4 heteroatoms. The molecule has 0 aromatic heterocycles. The van der Waals surface area contributed by atoms with Gasteiger partial charge in [-0.25, -0.2) is 0 Å². The molecule has 0 radical (unpaired) electrons. The highest BCUT2D eigenvalue weighted by Gasteiger charge is 2.09. The Labute approximate surface area is 129 Å². The van der Waals surface area contributed by atoms with E-state index in [4.69, 9.17) is 4.74 Å². The molecule has 2 nitrogen and oxygen atoms in total. The number of hydrogen-bond acceptors (Lipinski definition) is 2. The van der Waals surface area contributed by atoms with Gasteiger partial charge in [-0.05, 0) is 81.1 Å². The van der Waals surface area contributed by atoms with E-state index in [2.05, 4.69) is 31.9 Å². The molecular formula is C15H14Br2O2. The van der Waals surface area contributed by atoms with Crippen molar-refractivity contribution in [3.05, 3.63) is 56.5 Å². The summed E-state index contributed by atoms with van der Waals surface area (Å²) in [6.45, 7) is 3.76. The fourth-order valence-corrected chi connectivity index (χ4v) is 2.72. The van der Waals surface area contributed by atoms with E-state index in [0.29, 0.717) is 5.75 Å². The van der Waals surface area contributed by atoms with Gasteiger partial charge in [0.05, 0.1) is 15.0 Å². The third kappa shape index (κ3) is 3.59. The summed E-state index contributed by atoms with van der Waals surface area (Å²) in [6, 6.07) is 11.5. The van der Waals surface area contributed by atoms with Crippen LogP contribution >= 0.6 is 31.9 Å². The molecule has 2 aromatic rings. The molecule has 0 bridgehead atoms. The highest BCUT2D eigenvalue weighted by atomic mass is 79.9. The number of hydrogen-bond donors (Lipinski definition) is 1. The molecule has 2 rings (SSSR count). The minimum Gasteiger partial charge on any atom is -0.455 e. The molecule has 1 atom stereocenters. The van der Waals surface area contributed by atoms with Gasteiger partial charge in [0.15, 0.2) is 0 Å². The van der Waals surface area contributed by atoms with Gasteiger partial charge in [0, 0.05) is 0 Å². The summed E-state index contributed by atoms with van der Waals surface area (Å²) in [5.74, 6) is 1.48.